The second kappa shape index (κ2) is 26.3. The number of amides is 4. The summed E-state index contributed by atoms with van der Waals surface area (Å²) in [5.41, 5.74) is 11.7. The molecule has 0 saturated carbocycles. The summed E-state index contributed by atoms with van der Waals surface area (Å²) >= 11 is 15.8. The van der Waals surface area contributed by atoms with Crippen molar-refractivity contribution in [3.63, 3.8) is 0 Å². The fourth-order valence-corrected chi connectivity index (χ4v) is 8.40. The maximum Gasteiger partial charge on any atom is 0.470 e. The van der Waals surface area contributed by atoms with Crippen molar-refractivity contribution >= 4 is 81.7 Å². The Bertz CT molecular complexity index is 2770. The first-order chi connectivity index (χ1) is 33.1. The topological polar surface area (TPSA) is 212 Å². The Morgan fingerprint density at radius 2 is 1.11 bits per heavy atom. The molecule has 0 fully saturated rings. The number of carbonyl (C=O) groups is 4. The van der Waals surface area contributed by atoms with E-state index in [9.17, 15) is 32.3 Å². The van der Waals surface area contributed by atoms with E-state index < -0.39 is 12.1 Å². The lowest BCUT2D eigenvalue weighted by atomic mass is 10.0. The number of hydrogen-bond acceptors (Lipinski definition) is 12. The van der Waals surface area contributed by atoms with Crippen molar-refractivity contribution in [2.24, 2.45) is 5.73 Å². The molecule has 4 aromatic carbocycles. The third kappa shape index (κ3) is 16.1. The quantitative estimate of drug-likeness (QED) is 0.0651. The summed E-state index contributed by atoms with van der Waals surface area (Å²) in [6.45, 7) is 13.9. The Kier molecular flexibility index (Phi) is 21.3. The Hall–Kier alpha value is -5.93. The number of benzene rings is 4. The minimum Gasteiger partial charge on any atom is -0.418 e. The normalized spacial score (nSPS) is 11.8. The summed E-state index contributed by atoms with van der Waals surface area (Å²) in [6, 6.07) is 21.1. The number of nitrogens with zero attached hydrogens (tertiary/aromatic N) is 5. The first-order valence-electron chi connectivity index (χ1n) is 21.5. The number of thioether (sulfide) groups is 2. The lowest BCUT2D eigenvalue weighted by Crippen LogP contribution is -2.35. The molecule has 2 aromatic heterocycles. The van der Waals surface area contributed by atoms with Crippen molar-refractivity contribution in [1.82, 2.24) is 35.6 Å². The smallest absolute Gasteiger partial charge is 0.418 e. The number of halogens is 5. The maximum absolute atomic E-state index is 13.1. The van der Waals surface area contributed by atoms with Gasteiger partial charge in [0.2, 0.25) is 5.89 Å². The monoisotopic (exact) mass is 1040 g/mol. The van der Waals surface area contributed by atoms with Crippen LogP contribution in [0.3, 0.4) is 0 Å². The first kappa shape index (κ1) is 56.7. The molecule has 6 N–H and O–H groups in total. The Morgan fingerprint density at radius 3 is 1.49 bits per heavy atom. The Labute approximate surface area is 423 Å². The standard InChI is InChI=1S/C24H28ClN5O2S.C20H24ClN3O2S.C4H3F3N2O/c1-14-11-18(12-30-16(3)28-29-17(30)4)9-10-21(14)27-23(31)19-7-6-8-20(25)22(19)24(32)26-15(2)13-33-5;1-12-9-14(10-22)7-8-17(12)24-19(25)15-5-4-6-16(21)18(15)20(26)23-13(2)11-27-3;1-2-8-9-3(10-2)4(5,6)7/h6-11,15H,12-13H2,1-5H3,(H,26,32)(H,27,31);4-9,13H,10-11,22H2,1-3H3,(H,23,26)(H,24,25);1H3/t15-;13-;/m00./s1. The minimum absolute atomic E-state index is 0.0364. The highest BCUT2D eigenvalue weighted by Crippen LogP contribution is 2.28. The predicted molar refractivity (Wildman–Crippen MR) is 272 cm³/mol. The maximum atomic E-state index is 13.1. The number of aromatic nitrogens is 5. The van der Waals surface area contributed by atoms with Gasteiger partial charge in [-0.2, -0.15) is 36.7 Å². The van der Waals surface area contributed by atoms with Gasteiger partial charge >= 0.3 is 12.1 Å². The fourth-order valence-electron chi connectivity index (χ4n) is 6.71. The van der Waals surface area contributed by atoms with Gasteiger partial charge in [0.1, 0.15) is 11.6 Å². The molecule has 2 atom stereocenters. The molecule has 4 amide bonds. The molecule has 70 heavy (non-hydrogen) atoms. The van der Waals surface area contributed by atoms with Gasteiger partial charge in [-0.05, 0) is 113 Å². The molecule has 6 rings (SSSR count). The lowest BCUT2D eigenvalue weighted by molar-refractivity contribution is -0.157. The Balaban J connectivity index is 0.000000258. The van der Waals surface area contributed by atoms with E-state index in [0.29, 0.717) is 24.5 Å². The predicted octanol–water partition coefficient (Wildman–Crippen LogP) is 9.88. The van der Waals surface area contributed by atoms with E-state index >= 15 is 0 Å². The van der Waals surface area contributed by atoms with E-state index in [1.165, 1.54) is 6.92 Å². The van der Waals surface area contributed by atoms with Crippen LogP contribution in [0, 0.1) is 34.6 Å². The molecular weight excluding hydrogens is 989 g/mol. The molecule has 0 aliphatic rings. The highest BCUT2D eigenvalue weighted by molar-refractivity contribution is 7.98. The van der Waals surface area contributed by atoms with Gasteiger partial charge < -0.3 is 36.0 Å². The van der Waals surface area contributed by atoms with Gasteiger partial charge in [0.05, 0.1) is 38.8 Å². The van der Waals surface area contributed by atoms with Crippen LogP contribution in [0.4, 0.5) is 24.5 Å². The number of carbonyl (C=O) groups excluding carboxylic acids is 4. The van der Waals surface area contributed by atoms with Crippen molar-refractivity contribution in [2.75, 3.05) is 34.7 Å². The highest BCUT2D eigenvalue weighted by Gasteiger charge is 2.37. The van der Waals surface area contributed by atoms with Gasteiger partial charge in [-0.25, -0.2) is 0 Å². The van der Waals surface area contributed by atoms with E-state index in [-0.39, 0.29) is 73.9 Å². The number of nitrogens with one attached hydrogen (secondary N) is 4. The Morgan fingerprint density at radius 1 is 0.671 bits per heavy atom. The number of aryl methyl sites for hydroxylation is 5. The lowest BCUT2D eigenvalue weighted by Gasteiger charge is -2.16. The molecule has 0 saturated heterocycles. The van der Waals surface area contributed by atoms with Crippen LogP contribution in [0.5, 0.6) is 0 Å². The third-order valence-corrected chi connectivity index (χ3v) is 12.4. The molecule has 0 unspecified atom stereocenters. The largest absolute Gasteiger partial charge is 0.470 e. The summed E-state index contributed by atoms with van der Waals surface area (Å²) in [7, 11) is 0. The first-order valence-corrected chi connectivity index (χ1v) is 25.0. The van der Waals surface area contributed by atoms with E-state index in [1.807, 2.05) is 89.0 Å². The van der Waals surface area contributed by atoms with Crippen LogP contribution in [0.25, 0.3) is 0 Å². The van der Waals surface area contributed by atoms with Crippen LogP contribution in [-0.2, 0) is 19.3 Å². The average Bonchev–Trinajstić information content (AvgIpc) is 3.89. The van der Waals surface area contributed by atoms with Crippen molar-refractivity contribution < 1.29 is 36.8 Å². The summed E-state index contributed by atoms with van der Waals surface area (Å²) in [5, 5.41) is 26.0. The van der Waals surface area contributed by atoms with Gasteiger partial charge in [0.15, 0.2) is 0 Å². The van der Waals surface area contributed by atoms with Gasteiger partial charge in [-0.3, -0.25) is 19.2 Å². The second-order valence-corrected chi connectivity index (χ2v) is 18.5. The summed E-state index contributed by atoms with van der Waals surface area (Å²) in [5.74, 6) is 0.341. The van der Waals surface area contributed by atoms with E-state index in [2.05, 4.69) is 46.1 Å². The number of anilines is 2. The second-order valence-electron chi connectivity index (χ2n) is 15.9. The SMILES string of the molecule is CSC[C@H](C)NC(=O)c1c(Cl)cccc1C(=O)Nc1ccc(CN)cc1C.CSC[C@H](C)NC(=O)c1c(Cl)cccc1C(=O)Nc1ccc(Cn2c(C)nnc2C)cc1C.Cc1nnc(C(F)(F)F)o1. The average molecular weight is 1040 g/mol. The summed E-state index contributed by atoms with van der Waals surface area (Å²) < 4.78 is 40.9. The van der Waals surface area contributed by atoms with Gasteiger partial charge in [0, 0.05) is 48.4 Å². The minimum atomic E-state index is -4.53. The van der Waals surface area contributed by atoms with Crippen LogP contribution >= 0.6 is 46.7 Å². The molecule has 0 radical (unpaired) electrons. The zero-order chi connectivity index (χ0) is 51.9. The number of alkyl halides is 3. The molecule has 15 nitrogen and oxygen atoms in total. The third-order valence-electron chi connectivity index (χ3n) is 10.1. The van der Waals surface area contributed by atoms with Gasteiger partial charge in [-0.15, -0.1) is 20.4 Å². The highest BCUT2D eigenvalue weighted by atomic mass is 35.5. The molecule has 6 aromatic rings. The molecule has 0 spiro atoms. The van der Waals surface area contributed by atoms with Crippen LogP contribution in [-0.4, -0.2) is 84.7 Å². The van der Waals surface area contributed by atoms with Crippen LogP contribution in [0.1, 0.15) is 101 Å². The fraction of sp³-hybridized carbons (Fsp3) is 0.333. The number of rotatable bonds is 15. The molecule has 374 valence electrons. The van der Waals surface area contributed by atoms with E-state index in [1.54, 1.807) is 66.0 Å². The van der Waals surface area contributed by atoms with Crippen molar-refractivity contribution in [2.45, 2.75) is 79.8 Å². The van der Waals surface area contributed by atoms with Crippen LogP contribution in [0.15, 0.2) is 77.2 Å². The van der Waals surface area contributed by atoms with Crippen LogP contribution in [0.2, 0.25) is 10.0 Å². The van der Waals surface area contributed by atoms with E-state index in [0.717, 1.165) is 45.4 Å². The van der Waals surface area contributed by atoms with Gasteiger partial charge in [0.25, 0.3) is 23.6 Å². The summed E-state index contributed by atoms with van der Waals surface area (Å²) in [4.78, 5) is 51.5. The summed E-state index contributed by atoms with van der Waals surface area (Å²) in [6.07, 6.45) is -0.587. The van der Waals surface area contributed by atoms with Crippen molar-refractivity contribution in [3.05, 3.63) is 151 Å². The molecule has 0 aliphatic carbocycles. The molecule has 2 heterocycles. The van der Waals surface area contributed by atoms with E-state index in [4.69, 9.17) is 28.9 Å². The zero-order valence-electron chi connectivity index (χ0n) is 40.0. The molecule has 0 aliphatic heterocycles. The van der Waals surface area contributed by atoms with Crippen molar-refractivity contribution in [3.8, 4) is 0 Å². The molecular formula is C48H55Cl2F3N10O5S2. The zero-order valence-corrected chi connectivity index (χ0v) is 43.1. The van der Waals surface area contributed by atoms with Crippen molar-refractivity contribution in [1.29, 1.82) is 0 Å². The molecule has 0 bridgehead atoms. The van der Waals surface area contributed by atoms with Gasteiger partial charge in [-0.1, -0.05) is 59.6 Å². The number of hydrogen-bond donors (Lipinski definition) is 5. The number of nitrogens with two attached hydrogens (primary N) is 1. The molecule has 22 heteroatoms. The van der Waals surface area contributed by atoms with Crippen LogP contribution < -0.4 is 27.0 Å².